The molecule has 0 saturated carbocycles. The number of rotatable bonds is 5. The molecule has 5 nitrogen and oxygen atoms in total. The molecule has 1 N–H and O–H groups in total. The third kappa shape index (κ3) is 4.05. The monoisotopic (exact) mass is 341 g/mol. The maximum absolute atomic E-state index is 12.7. The number of nitrogens with one attached hydrogen (secondary N) is 1. The summed E-state index contributed by atoms with van der Waals surface area (Å²) in [6.07, 6.45) is 0.00386. The zero-order chi connectivity index (χ0) is 17.8. The van der Waals surface area contributed by atoms with Crippen molar-refractivity contribution in [1.29, 1.82) is 0 Å². The van der Waals surface area contributed by atoms with Gasteiger partial charge in [0, 0.05) is 0 Å². The Hall–Kier alpha value is -2.69. The summed E-state index contributed by atoms with van der Waals surface area (Å²) in [5.74, 6) is 1.88. The number of carbonyl (C=O) groups is 1. The highest BCUT2D eigenvalue weighted by molar-refractivity contribution is 5.97. The Morgan fingerprint density at radius 3 is 2.52 bits per heavy atom. The number of hydrogen-bond donors (Lipinski definition) is 1. The largest absolute Gasteiger partial charge is 0.490 e. The highest BCUT2D eigenvalue weighted by Crippen LogP contribution is 2.32. The number of carbonyl (C=O) groups excluding carboxylic acids is 1. The van der Waals surface area contributed by atoms with Gasteiger partial charge in [0.2, 0.25) is 0 Å². The van der Waals surface area contributed by atoms with E-state index in [1.54, 1.807) is 6.07 Å². The fraction of sp³-hybridized carbons (Fsp3) is 0.350. The van der Waals surface area contributed by atoms with Gasteiger partial charge in [-0.15, -0.1) is 0 Å². The molecule has 1 unspecified atom stereocenters. The van der Waals surface area contributed by atoms with Crippen LogP contribution in [0.25, 0.3) is 0 Å². The first-order chi connectivity index (χ1) is 12.0. The Morgan fingerprint density at radius 2 is 1.76 bits per heavy atom. The molecule has 25 heavy (non-hydrogen) atoms. The van der Waals surface area contributed by atoms with Gasteiger partial charge >= 0.3 is 0 Å². The molecule has 3 rings (SSSR count). The number of fused-ring (bicyclic) bond motifs is 1. The van der Waals surface area contributed by atoms with Gasteiger partial charge in [-0.2, -0.15) is 0 Å². The molecule has 1 aliphatic rings. The SMILES string of the molecule is CC(C)Oc1ccccc1C(=O)NC(C)c1ccc2c(c1)OCCO2. The van der Waals surface area contributed by atoms with Crippen LogP contribution in [0.4, 0.5) is 0 Å². The van der Waals surface area contributed by atoms with Crippen LogP contribution in [-0.2, 0) is 0 Å². The molecular weight excluding hydrogens is 318 g/mol. The Morgan fingerprint density at radius 1 is 1.04 bits per heavy atom. The van der Waals surface area contributed by atoms with Crippen molar-refractivity contribution in [3.05, 3.63) is 53.6 Å². The number of benzene rings is 2. The summed E-state index contributed by atoms with van der Waals surface area (Å²) in [6, 6.07) is 12.8. The topological polar surface area (TPSA) is 56.8 Å². The van der Waals surface area contributed by atoms with Crippen molar-refractivity contribution in [3.8, 4) is 17.2 Å². The van der Waals surface area contributed by atoms with Gasteiger partial charge in [-0.3, -0.25) is 4.79 Å². The molecule has 132 valence electrons. The summed E-state index contributed by atoms with van der Waals surface area (Å²) in [4.78, 5) is 12.7. The smallest absolute Gasteiger partial charge is 0.255 e. The van der Waals surface area contributed by atoms with Crippen LogP contribution in [0.3, 0.4) is 0 Å². The van der Waals surface area contributed by atoms with E-state index in [0.717, 1.165) is 11.3 Å². The van der Waals surface area contributed by atoms with E-state index in [9.17, 15) is 4.79 Å². The molecule has 0 fully saturated rings. The lowest BCUT2D eigenvalue weighted by molar-refractivity contribution is 0.0934. The maximum atomic E-state index is 12.7. The average molecular weight is 341 g/mol. The summed E-state index contributed by atoms with van der Waals surface area (Å²) >= 11 is 0. The molecule has 0 spiro atoms. The van der Waals surface area contributed by atoms with Gasteiger partial charge in [0.1, 0.15) is 19.0 Å². The molecule has 0 radical (unpaired) electrons. The number of amides is 1. The summed E-state index contributed by atoms with van der Waals surface area (Å²) in [6.45, 7) is 6.91. The standard InChI is InChI=1S/C20H23NO4/c1-13(2)25-17-7-5-4-6-16(17)20(22)21-14(3)15-8-9-18-19(12-15)24-11-10-23-18/h4-9,12-14H,10-11H2,1-3H3,(H,21,22). The Kier molecular flexibility index (Phi) is 5.12. The molecule has 2 aromatic carbocycles. The number of para-hydroxylation sites is 1. The van der Waals surface area contributed by atoms with Crippen molar-refractivity contribution in [3.63, 3.8) is 0 Å². The van der Waals surface area contributed by atoms with Crippen molar-refractivity contribution in [1.82, 2.24) is 5.32 Å². The van der Waals surface area contributed by atoms with Crippen LogP contribution in [0.15, 0.2) is 42.5 Å². The molecule has 0 aliphatic carbocycles. The van der Waals surface area contributed by atoms with Crippen LogP contribution >= 0.6 is 0 Å². The minimum absolute atomic E-state index is 0.00386. The maximum Gasteiger partial charge on any atom is 0.255 e. The van der Waals surface area contributed by atoms with Crippen LogP contribution in [0.2, 0.25) is 0 Å². The fourth-order valence-electron chi connectivity index (χ4n) is 2.70. The summed E-state index contributed by atoms with van der Waals surface area (Å²) in [5.41, 5.74) is 1.49. The lowest BCUT2D eigenvalue weighted by Crippen LogP contribution is -2.27. The molecule has 1 atom stereocenters. The predicted octanol–water partition coefficient (Wildman–Crippen LogP) is 3.74. The van der Waals surface area contributed by atoms with Gasteiger partial charge in [0.05, 0.1) is 17.7 Å². The third-order valence-electron chi connectivity index (χ3n) is 3.91. The van der Waals surface area contributed by atoms with Crippen molar-refractivity contribution < 1.29 is 19.0 Å². The molecule has 2 aromatic rings. The highest BCUT2D eigenvalue weighted by atomic mass is 16.6. The molecule has 1 heterocycles. The van der Waals surface area contributed by atoms with E-state index in [0.29, 0.717) is 30.3 Å². The van der Waals surface area contributed by atoms with Gasteiger partial charge in [0.25, 0.3) is 5.91 Å². The van der Waals surface area contributed by atoms with Crippen LogP contribution in [0.1, 0.15) is 42.7 Å². The second kappa shape index (κ2) is 7.47. The first-order valence-electron chi connectivity index (χ1n) is 8.50. The van der Waals surface area contributed by atoms with E-state index in [2.05, 4.69) is 5.32 Å². The summed E-state index contributed by atoms with van der Waals surface area (Å²) in [7, 11) is 0. The molecule has 1 aliphatic heterocycles. The van der Waals surface area contributed by atoms with Crippen molar-refractivity contribution in [2.45, 2.75) is 32.9 Å². The minimum atomic E-state index is -0.171. The molecule has 0 bridgehead atoms. The van der Waals surface area contributed by atoms with E-state index in [4.69, 9.17) is 14.2 Å². The lowest BCUT2D eigenvalue weighted by Gasteiger charge is -2.21. The van der Waals surface area contributed by atoms with E-state index in [1.807, 2.05) is 57.2 Å². The van der Waals surface area contributed by atoms with Crippen LogP contribution in [-0.4, -0.2) is 25.2 Å². The third-order valence-corrected chi connectivity index (χ3v) is 3.91. The molecule has 5 heteroatoms. The molecule has 1 amide bonds. The summed E-state index contributed by atoms with van der Waals surface area (Å²) in [5, 5.41) is 3.02. The first-order valence-corrected chi connectivity index (χ1v) is 8.50. The molecule has 0 aromatic heterocycles. The van der Waals surface area contributed by atoms with Crippen molar-refractivity contribution in [2.24, 2.45) is 0 Å². The zero-order valence-electron chi connectivity index (χ0n) is 14.7. The Bertz CT molecular complexity index is 757. The van der Waals surface area contributed by atoms with Crippen LogP contribution < -0.4 is 19.5 Å². The normalized spacial score (nSPS) is 14.1. The Balaban J connectivity index is 1.75. The van der Waals surface area contributed by atoms with Gasteiger partial charge in [-0.25, -0.2) is 0 Å². The van der Waals surface area contributed by atoms with Gasteiger partial charge in [0.15, 0.2) is 11.5 Å². The summed E-state index contributed by atoms with van der Waals surface area (Å²) < 4.78 is 16.9. The van der Waals surface area contributed by atoms with Gasteiger partial charge < -0.3 is 19.5 Å². The quantitative estimate of drug-likeness (QED) is 0.900. The number of hydrogen-bond acceptors (Lipinski definition) is 4. The zero-order valence-corrected chi connectivity index (χ0v) is 14.7. The van der Waals surface area contributed by atoms with Gasteiger partial charge in [-0.05, 0) is 50.6 Å². The average Bonchev–Trinajstić information content (AvgIpc) is 2.61. The molecule has 0 saturated heterocycles. The lowest BCUT2D eigenvalue weighted by atomic mass is 10.1. The Labute approximate surface area is 147 Å². The predicted molar refractivity (Wildman–Crippen MR) is 95.5 cm³/mol. The second-order valence-electron chi connectivity index (χ2n) is 6.26. The van der Waals surface area contributed by atoms with Gasteiger partial charge in [-0.1, -0.05) is 18.2 Å². The first kappa shape index (κ1) is 17.1. The van der Waals surface area contributed by atoms with Crippen molar-refractivity contribution >= 4 is 5.91 Å². The van der Waals surface area contributed by atoms with Crippen LogP contribution in [0, 0.1) is 0 Å². The van der Waals surface area contributed by atoms with E-state index < -0.39 is 0 Å². The number of ether oxygens (including phenoxy) is 3. The van der Waals surface area contributed by atoms with Crippen LogP contribution in [0.5, 0.6) is 17.2 Å². The molecular formula is C20H23NO4. The highest BCUT2D eigenvalue weighted by Gasteiger charge is 2.18. The fourth-order valence-corrected chi connectivity index (χ4v) is 2.70. The second-order valence-corrected chi connectivity index (χ2v) is 6.26. The van der Waals surface area contributed by atoms with E-state index >= 15 is 0 Å². The van der Waals surface area contributed by atoms with Crippen molar-refractivity contribution in [2.75, 3.05) is 13.2 Å². The van der Waals surface area contributed by atoms with E-state index in [1.165, 1.54) is 0 Å². The van der Waals surface area contributed by atoms with E-state index in [-0.39, 0.29) is 18.1 Å². The minimum Gasteiger partial charge on any atom is -0.490 e.